The monoisotopic (exact) mass is 338 g/mol. The lowest BCUT2D eigenvalue weighted by Crippen LogP contribution is -2.49. The van der Waals surface area contributed by atoms with Crippen molar-refractivity contribution in [2.75, 3.05) is 37.6 Å². The molecule has 0 unspecified atom stereocenters. The van der Waals surface area contributed by atoms with E-state index in [1.165, 1.54) is 16.2 Å². The summed E-state index contributed by atoms with van der Waals surface area (Å²) in [4.78, 5) is 8.85. The summed E-state index contributed by atoms with van der Waals surface area (Å²) < 4.78 is 39.1. The molecule has 0 radical (unpaired) electrons. The van der Waals surface area contributed by atoms with E-state index >= 15 is 0 Å². The third-order valence-electron chi connectivity index (χ3n) is 3.54. The lowest BCUT2D eigenvalue weighted by Gasteiger charge is -2.35. The number of alkyl halides is 4. The molecule has 0 N–H and O–H groups in total. The van der Waals surface area contributed by atoms with Gasteiger partial charge in [0.05, 0.1) is 18.1 Å². The molecule has 9 heteroatoms. The van der Waals surface area contributed by atoms with Crippen molar-refractivity contribution < 1.29 is 13.2 Å². The normalized spacial score (nSPS) is 17.8. The Bertz CT molecular complexity index is 616. The Labute approximate surface area is 128 Å². The SMILES string of the molecule is FC(F)(F)CN1CCN(c2nc3sccn3c2CCl)CC1. The van der Waals surface area contributed by atoms with Crippen molar-refractivity contribution in [3.63, 3.8) is 0 Å². The van der Waals surface area contributed by atoms with Gasteiger partial charge in [-0.25, -0.2) is 4.98 Å². The maximum Gasteiger partial charge on any atom is 0.401 e. The molecule has 1 saturated heterocycles. The standard InChI is InChI=1S/C12H14ClF3N4S/c13-7-9-10(17-11-20(9)5-6-21-11)19-3-1-18(2-4-19)8-12(14,15)16/h5-6H,1-4,7-8H2. The zero-order valence-corrected chi connectivity index (χ0v) is 12.7. The van der Waals surface area contributed by atoms with Gasteiger partial charge < -0.3 is 4.90 Å². The molecule has 0 saturated carbocycles. The van der Waals surface area contributed by atoms with Crippen molar-refractivity contribution >= 4 is 33.7 Å². The Kier molecular flexibility index (Phi) is 4.02. The molecular formula is C12H14ClF3N4S. The summed E-state index contributed by atoms with van der Waals surface area (Å²) in [6, 6.07) is 0. The molecule has 0 bridgehead atoms. The number of aromatic nitrogens is 2. The van der Waals surface area contributed by atoms with Crippen LogP contribution >= 0.6 is 22.9 Å². The third kappa shape index (κ3) is 3.12. The molecule has 2 aromatic heterocycles. The lowest BCUT2D eigenvalue weighted by molar-refractivity contribution is -0.146. The Hall–Kier alpha value is -0.990. The Balaban J connectivity index is 1.72. The predicted molar refractivity (Wildman–Crippen MR) is 77.3 cm³/mol. The van der Waals surface area contributed by atoms with Crippen LogP contribution in [0.5, 0.6) is 0 Å². The predicted octanol–water partition coefficient (Wildman–Crippen LogP) is 2.82. The largest absolute Gasteiger partial charge is 0.401 e. The number of thiazole rings is 1. The Morgan fingerprint density at radius 3 is 2.57 bits per heavy atom. The summed E-state index contributed by atoms with van der Waals surface area (Å²) in [7, 11) is 0. The molecule has 1 aliphatic heterocycles. The molecule has 116 valence electrons. The number of halogens is 4. The van der Waals surface area contributed by atoms with Gasteiger partial charge in [-0.15, -0.1) is 22.9 Å². The van der Waals surface area contributed by atoms with E-state index in [0.717, 1.165) is 16.5 Å². The van der Waals surface area contributed by atoms with E-state index in [4.69, 9.17) is 11.6 Å². The molecule has 4 nitrogen and oxygen atoms in total. The quantitative estimate of drug-likeness (QED) is 0.804. The first-order chi connectivity index (χ1) is 9.98. The highest BCUT2D eigenvalue weighted by atomic mass is 35.5. The number of nitrogens with zero attached hydrogens (tertiary/aromatic N) is 4. The van der Waals surface area contributed by atoms with E-state index in [2.05, 4.69) is 4.98 Å². The van der Waals surface area contributed by atoms with Crippen LogP contribution in [0.1, 0.15) is 5.69 Å². The van der Waals surface area contributed by atoms with Gasteiger partial charge in [-0.1, -0.05) is 0 Å². The molecule has 21 heavy (non-hydrogen) atoms. The van der Waals surface area contributed by atoms with Crippen LogP contribution in [0.3, 0.4) is 0 Å². The van der Waals surface area contributed by atoms with Crippen molar-refractivity contribution in [2.45, 2.75) is 12.1 Å². The second-order valence-corrected chi connectivity index (χ2v) is 6.09. The summed E-state index contributed by atoms with van der Waals surface area (Å²) in [5.74, 6) is 1.12. The smallest absolute Gasteiger partial charge is 0.352 e. The van der Waals surface area contributed by atoms with Gasteiger partial charge in [0.15, 0.2) is 10.8 Å². The number of anilines is 1. The fraction of sp³-hybridized carbons (Fsp3) is 0.583. The van der Waals surface area contributed by atoms with Crippen molar-refractivity contribution in [1.82, 2.24) is 14.3 Å². The molecule has 3 heterocycles. The average molecular weight is 339 g/mol. The van der Waals surface area contributed by atoms with E-state index < -0.39 is 12.7 Å². The van der Waals surface area contributed by atoms with Crippen molar-refractivity contribution in [2.24, 2.45) is 0 Å². The van der Waals surface area contributed by atoms with Crippen LogP contribution in [0, 0.1) is 0 Å². The highest BCUT2D eigenvalue weighted by Crippen LogP contribution is 2.27. The summed E-state index contributed by atoms with van der Waals surface area (Å²) in [6.45, 7) is 0.982. The number of hydrogen-bond donors (Lipinski definition) is 0. The number of rotatable bonds is 3. The van der Waals surface area contributed by atoms with Crippen LogP contribution < -0.4 is 4.90 Å². The fourth-order valence-corrected chi connectivity index (χ4v) is 3.55. The summed E-state index contributed by atoms with van der Waals surface area (Å²) in [5, 5.41) is 1.93. The van der Waals surface area contributed by atoms with Gasteiger partial charge in [0.2, 0.25) is 0 Å². The first-order valence-electron chi connectivity index (χ1n) is 6.52. The van der Waals surface area contributed by atoms with Gasteiger partial charge in [0.25, 0.3) is 0 Å². The minimum absolute atomic E-state index is 0.329. The molecule has 0 amide bonds. The molecule has 1 fully saturated rings. The lowest BCUT2D eigenvalue weighted by atomic mass is 10.3. The Morgan fingerprint density at radius 1 is 1.24 bits per heavy atom. The average Bonchev–Trinajstić information content (AvgIpc) is 2.97. The highest BCUT2D eigenvalue weighted by molar-refractivity contribution is 7.15. The molecule has 1 aliphatic rings. The zero-order valence-electron chi connectivity index (χ0n) is 11.1. The minimum atomic E-state index is -4.14. The Morgan fingerprint density at radius 2 is 1.95 bits per heavy atom. The van der Waals surface area contributed by atoms with Gasteiger partial charge in [-0.05, 0) is 0 Å². The van der Waals surface area contributed by atoms with Gasteiger partial charge in [-0.3, -0.25) is 9.30 Å². The van der Waals surface area contributed by atoms with Gasteiger partial charge in [0.1, 0.15) is 0 Å². The van der Waals surface area contributed by atoms with E-state index in [9.17, 15) is 13.2 Å². The molecule has 0 spiro atoms. The number of fused-ring (bicyclic) bond motifs is 1. The maximum absolute atomic E-state index is 12.4. The van der Waals surface area contributed by atoms with E-state index in [-0.39, 0.29) is 0 Å². The maximum atomic E-state index is 12.4. The van der Waals surface area contributed by atoms with Crippen LogP contribution in [-0.2, 0) is 5.88 Å². The van der Waals surface area contributed by atoms with Crippen LogP contribution in [0.25, 0.3) is 4.96 Å². The topological polar surface area (TPSA) is 23.8 Å². The first kappa shape index (κ1) is 14.9. The van der Waals surface area contributed by atoms with Crippen molar-refractivity contribution in [3.05, 3.63) is 17.3 Å². The minimum Gasteiger partial charge on any atom is -0.352 e. The van der Waals surface area contributed by atoms with Gasteiger partial charge >= 0.3 is 6.18 Å². The number of piperazine rings is 1. The summed E-state index contributed by atoms with van der Waals surface area (Å²) >= 11 is 7.52. The van der Waals surface area contributed by atoms with Crippen LogP contribution in [0.4, 0.5) is 19.0 Å². The fourth-order valence-electron chi connectivity index (χ4n) is 2.57. The molecule has 0 aliphatic carbocycles. The van der Waals surface area contributed by atoms with Crippen LogP contribution in [-0.4, -0.2) is 53.2 Å². The first-order valence-corrected chi connectivity index (χ1v) is 7.94. The van der Waals surface area contributed by atoms with Gasteiger partial charge in [0, 0.05) is 37.8 Å². The third-order valence-corrected chi connectivity index (χ3v) is 4.55. The summed E-state index contributed by atoms with van der Waals surface area (Å²) in [5.41, 5.74) is 0.900. The second kappa shape index (κ2) is 5.66. The van der Waals surface area contributed by atoms with E-state index in [1.54, 1.807) is 0 Å². The molecule has 3 rings (SSSR count). The zero-order chi connectivity index (χ0) is 15.0. The molecular weight excluding hydrogens is 325 g/mol. The molecule has 2 aromatic rings. The van der Waals surface area contributed by atoms with Crippen molar-refractivity contribution in [1.29, 1.82) is 0 Å². The van der Waals surface area contributed by atoms with Crippen molar-refractivity contribution in [3.8, 4) is 0 Å². The highest BCUT2D eigenvalue weighted by Gasteiger charge is 2.32. The van der Waals surface area contributed by atoms with E-state index in [0.29, 0.717) is 32.1 Å². The van der Waals surface area contributed by atoms with E-state index in [1.807, 2.05) is 20.9 Å². The second-order valence-electron chi connectivity index (χ2n) is 4.95. The number of hydrogen-bond acceptors (Lipinski definition) is 4. The molecule has 0 atom stereocenters. The van der Waals surface area contributed by atoms with Gasteiger partial charge in [-0.2, -0.15) is 13.2 Å². The number of imidazole rings is 1. The summed E-state index contributed by atoms with van der Waals surface area (Å²) in [6.07, 6.45) is -2.23. The van der Waals surface area contributed by atoms with Crippen LogP contribution in [0.15, 0.2) is 11.6 Å². The molecule has 0 aromatic carbocycles. The van der Waals surface area contributed by atoms with Crippen LogP contribution in [0.2, 0.25) is 0 Å².